The van der Waals surface area contributed by atoms with Crippen molar-refractivity contribution in [1.29, 1.82) is 0 Å². The van der Waals surface area contributed by atoms with Crippen LogP contribution in [0.15, 0.2) is 54.0 Å². The molecule has 0 aliphatic carbocycles. The molecular weight excluding hydrogens is 328 g/mol. The van der Waals surface area contributed by atoms with Crippen molar-refractivity contribution in [3.8, 4) is 16.9 Å². The van der Waals surface area contributed by atoms with Crippen molar-refractivity contribution in [2.75, 3.05) is 14.1 Å². The predicted molar refractivity (Wildman–Crippen MR) is 106 cm³/mol. The molecule has 2 aromatic carbocycles. The van der Waals surface area contributed by atoms with Crippen LogP contribution >= 0.6 is 11.3 Å². The summed E-state index contributed by atoms with van der Waals surface area (Å²) in [4.78, 5) is 6.75. The van der Waals surface area contributed by atoms with Gasteiger partial charge in [0, 0.05) is 28.6 Å². The van der Waals surface area contributed by atoms with Crippen LogP contribution in [0.3, 0.4) is 0 Å². The highest BCUT2D eigenvalue weighted by molar-refractivity contribution is 7.17. The summed E-state index contributed by atoms with van der Waals surface area (Å²) < 4.78 is 1.14. The van der Waals surface area contributed by atoms with E-state index in [2.05, 4.69) is 66.6 Å². The SMILES string of the molecule is C[C@@H](c1ccc(-c2c(O)ccc3ncc4sccc4c23)cc1)N(C)C. The molecule has 0 spiro atoms. The molecule has 0 fully saturated rings. The second-order valence-electron chi connectivity index (χ2n) is 6.57. The summed E-state index contributed by atoms with van der Waals surface area (Å²) >= 11 is 1.67. The maximum absolute atomic E-state index is 10.6. The topological polar surface area (TPSA) is 36.4 Å². The minimum absolute atomic E-state index is 0.293. The minimum atomic E-state index is 0.293. The Hall–Kier alpha value is -2.43. The van der Waals surface area contributed by atoms with Crippen LogP contribution < -0.4 is 0 Å². The Morgan fingerprint density at radius 3 is 2.52 bits per heavy atom. The number of hydrogen-bond donors (Lipinski definition) is 1. The van der Waals surface area contributed by atoms with E-state index in [4.69, 9.17) is 0 Å². The highest BCUT2D eigenvalue weighted by atomic mass is 32.1. The Morgan fingerprint density at radius 1 is 1.04 bits per heavy atom. The van der Waals surface area contributed by atoms with Gasteiger partial charge in [-0.15, -0.1) is 11.3 Å². The molecule has 1 atom stereocenters. The summed E-state index contributed by atoms with van der Waals surface area (Å²) in [6.07, 6.45) is 1.91. The van der Waals surface area contributed by atoms with Crippen LogP contribution in [0.2, 0.25) is 0 Å². The van der Waals surface area contributed by atoms with Crippen LogP contribution in [0.1, 0.15) is 18.5 Å². The van der Waals surface area contributed by atoms with Crippen molar-refractivity contribution in [2.24, 2.45) is 0 Å². The number of phenolic OH excluding ortho intramolecular Hbond substituents is 1. The van der Waals surface area contributed by atoms with Crippen LogP contribution in [0.5, 0.6) is 5.75 Å². The number of benzene rings is 2. The molecule has 0 radical (unpaired) electrons. The second-order valence-corrected chi connectivity index (χ2v) is 7.52. The van der Waals surface area contributed by atoms with Gasteiger partial charge >= 0.3 is 0 Å². The first-order valence-corrected chi connectivity index (χ1v) is 9.19. The average molecular weight is 348 g/mol. The van der Waals surface area contributed by atoms with Gasteiger partial charge in [0.1, 0.15) is 5.75 Å². The molecule has 4 heteroatoms. The second kappa shape index (κ2) is 6.14. The Labute approximate surface area is 151 Å². The summed E-state index contributed by atoms with van der Waals surface area (Å²) in [6.45, 7) is 2.18. The molecule has 0 bridgehead atoms. The predicted octanol–water partition coefficient (Wildman–Crippen LogP) is 5.44. The number of fused-ring (bicyclic) bond motifs is 3. The van der Waals surface area contributed by atoms with E-state index in [1.165, 1.54) is 5.56 Å². The van der Waals surface area contributed by atoms with E-state index < -0.39 is 0 Å². The molecule has 4 rings (SSSR count). The highest BCUT2D eigenvalue weighted by Gasteiger charge is 2.15. The highest BCUT2D eigenvalue weighted by Crippen LogP contribution is 2.40. The Balaban J connectivity index is 1.94. The molecule has 4 aromatic rings. The third-order valence-corrected chi connectivity index (χ3v) is 5.75. The summed E-state index contributed by atoms with van der Waals surface area (Å²) in [5.74, 6) is 0.293. The van der Waals surface area contributed by atoms with Crippen molar-refractivity contribution in [1.82, 2.24) is 9.88 Å². The van der Waals surface area contributed by atoms with E-state index in [0.717, 1.165) is 32.1 Å². The van der Waals surface area contributed by atoms with Crippen LogP contribution in [-0.2, 0) is 0 Å². The zero-order valence-corrected chi connectivity index (χ0v) is 15.3. The largest absolute Gasteiger partial charge is 0.507 e. The first kappa shape index (κ1) is 16.1. The lowest BCUT2D eigenvalue weighted by molar-refractivity contribution is 0.321. The Kier molecular flexibility index (Phi) is 3.94. The third kappa shape index (κ3) is 2.68. The number of rotatable bonds is 3. The van der Waals surface area contributed by atoms with Crippen molar-refractivity contribution in [3.63, 3.8) is 0 Å². The van der Waals surface area contributed by atoms with Crippen LogP contribution in [-0.4, -0.2) is 29.1 Å². The normalized spacial score (nSPS) is 13.0. The zero-order chi connectivity index (χ0) is 17.6. The van der Waals surface area contributed by atoms with Gasteiger partial charge in [-0.2, -0.15) is 0 Å². The lowest BCUT2D eigenvalue weighted by Crippen LogP contribution is -2.16. The number of aromatic nitrogens is 1. The fourth-order valence-corrected chi connectivity index (χ4v) is 4.00. The van der Waals surface area contributed by atoms with Gasteiger partial charge in [-0.1, -0.05) is 24.3 Å². The van der Waals surface area contributed by atoms with Crippen LogP contribution in [0.4, 0.5) is 0 Å². The summed E-state index contributed by atoms with van der Waals surface area (Å²) in [5, 5.41) is 14.8. The maximum Gasteiger partial charge on any atom is 0.124 e. The molecule has 0 amide bonds. The van der Waals surface area contributed by atoms with E-state index >= 15 is 0 Å². The quantitative estimate of drug-likeness (QED) is 0.535. The molecule has 0 aliphatic rings. The summed E-state index contributed by atoms with van der Waals surface area (Å²) in [7, 11) is 4.15. The Morgan fingerprint density at radius 2 is 1.80 bits per heavy atom. The fourth-order valence-electron chi connectivity index (χ4n) is 3.24. The van der Waals surface area contributed by atoms with Gasteiger partial charge in [0.25, 0.3) is 0 Å². The molecule has 0 saturated heterocycles. The van der Waals surface area contributed by atoms with E-state index in [-0.39, 0.29) is 0 Å². The van der Waals surface area contributed by atoms with Gasteiger partial charge in [-0.3, -0.25) is 4.98 Å². The summed E-state index contributed by atoms with van der Waals surface area (Å²) in [5.41, 5.74) is 4.04. The lowest BCUT2D eigenvalue weighted by Gasteiger charge is -2.20. The first-order valence-electron chi connectivity index (χ1n) is 8.31. The smallest absolute Gasteiger partial charge is 0.124 e. The van der Waals surface area contributed by atoms with Crippen LogP contribution in [0, 0.1) is 0 Å². The van der Waals surface area contributed by atoms with E-state index in [0.29, 0.717) is 11.8 Å². The molecule has 0 aliphatic heterocycles. The summed E-state index contributed by atoms with van der Waals surface area (Å²) in [6, 6.07) is 14.5. The van der Waals surface area contributed by atoms with E-state index in [1.807, 2.05) is 12.3 Å². The molecule has 3 nitrogen and oxygen atoms in total. The first-order chi connectivity index (χ1) is 12.1. The van der Waals surface area contributed by atoms with Crippen molar-refractivity contribution in [3.05, 3.63) is 59.6 Å². The standard InChI is InChI=1S/C21H20N2OS/c1-13(23(2)3)14-4-6-15(7-5-14)20-18(24)9-8-17-21(20)16-10-11-25-19(16)12-22-17/h4-13,24H,1-3H3/t13-/m0/s1. The Bertz CT molecular complexity index is 1050. The molecule has 2 heterocycles. The van der Waals surface area contributed by atoms with Crippen molar-refractivity contribution >= 4 is 32.3 Å². The number of hydrogen-bond acceptors (Lipinski definition) is 4. The van der Waals surface area contributed by atoms with Gasteiger partial charge in [-0.25, -0.2) is 0 Å². The molecule has 126 valence electrons. The molecule has 1 N–H and O–H groups in total. The molecular formula is C21H20N2OS. The van der Waals surface area contributed by atoms with Gasteiger partial charge in [0.15, 0.2) is 0 Å². The third-order valence-electron chi connectivity index (χ3n) is 4.90. The zero-order valence-electron chi connectivity index (χ0n) is 14.5. The van der Waals surface area contributed by atoms with E-state index in [1.54, 1.807) is 17.4 Å². The molecule has 0 unspecified atom stereocenters. The van der Waals surface area contributed by atoms with Gasteiger partial charge in [-0.05, 0) is 55.7 Å². The number of thiophene rings is 1. The fraction of sp³-hybridized carbons (Fsp3) is 0.190. The van der Waals surface area contributed by atoms with Gasteiger partial charge in [0.2, 0.25) is 0 Å². The molecule has 25 heavy (non-hydrogen) atoms. The number of nitrogens with zero attached hydrogens (tertiary/aromatic N) is 2. The number of aromatic hydroxyl groups is 1. The monoisotopic (exact) mass is 348 g/mol. The minimum Gasteiger partial charge on any atom is -0.507 e. The van der Waals surface area contributed by atoms with Crippen LogP contribution in [0.25, 0.3) is 32.1 Å². The molecule has 2 aromatic heterocycles. The van der Waals surface area contributed by atoms with Crippen molar-refractivity contribution in [2.45, 2.75) is 13.0 Å². The van der Waals surface area contributed by atoms with Gasteiger partial charge in [0.05, 0.1) is 10.2 Å². The lowest BCUT2D eigenvalue weighted by atomic mass is 9.95. The van der Waals surface area contributed by atoms with Gasteiger partial charge < -0.3 is 10.0 Å². The molecule has 0 saturated carbocycles. The maximum atomic E-state index is 10.6. The van der Waals surface area contributed by atoms with Crippen molar-refractivity contribution < 1.29 is 5.11 Å². The number of pyridine rings is 1. The number of phenols is 1. The average Bonchev–Trinajstić information content (AvgIpc) is 3.10. The van der Waals surface area contributed by atoms with E-state index in [9.17, 15) is 5.11 Å².